The summed E-state index contributed by atoms with van der Waals surface area (Å²) in [4.78, 5) is 8.58. The Hall–Kier alpha value is -0.970. The third-order valence-electron chi connectivity index (χ3n) is 3.43. The summed E-state index contributed by atoms with van der Waals surface area (Å²) in [6.45, 7) is 0.982. The Bertz CT molecular complexity index is 363. The van der Waals surface area contributed by atoms with E-state index in [2.05, 4.69) is 26.9 Å². The first-order valence-corrected chi connectivity index (χ1v) is 7.29. The molecule has 17 heavy (non-hydrogen) atoms. The van der Waals surface area contributed by atoms with Crippen LogP contribution in [0.4, 0.5) is 11.6 Å². The highest BCUT2D eigenvalue weighted by Gasteiger charge is 2.32. The van der Waals surface area contributed by atoms with E-state index < -0.39 is 0 Å². The van der Waals surface area contributed by atoms with Gasteiger partial charge in [-0.15, -0.1) is 0 Å². The summed E-state index contributed by atoms with van der Waals surface area (Å²) < 4.78 is 0.400. The van der Waals surface area contributed by atoms with Crippen LogP contribution in [-0.2, 0) is 0 Å². The second-order valence-corrected chi connectivity index (χ2v) is 5.76. The van der Waals surface area contributed by atoms with Crippen LogP contribution in [0.1, 0.15) is 25.7 Å². The quantitative estimate of drug-likeness (QED) is 0.843. The van der Waals surface area contributed by atoms with Gasteiger partial charge in [0, 0.05) is 18.3 Å². The summed E-state index contributed by atoms with van der Waals surface area (Å²) in [5.41, 5.74) is 0. The topological polar surface area (TPSA) is 49.8 Å². The minimum Gasteiger partial charge on any atom is -0.372 e. The van der Waals surface area contributed by atoms with Crippen LogP contribution in [0, 0.1) is 0 Å². The van der Waals surface area contributed by atoms with Gasteiger partial charge in [-0.3, -0.25) is 4.98 Å². The fourth-order valence-electron chi connectivity index (χ4n) is 2.30. The normalized spacial score (nSPS) is 18.0. The molecule has 0 atom stereocenters. The summed E-state index contributed by atoms with van der Waals surface area (Å²) in [6.07, 6.45) is 11.0. The molecule has 4 nitrogen and oxygen atoms in total. The predicted octanol–water partition coefficient (Wildman–Crippen LogP) is 2.61. The molecular formula is C12H20N4S. The molecule has 1 aromatic heterocycles. The lowest BCUT2D eigenvalue weighted by atomic mass is 10.1. The average Bonchev–Trinajstić information content (AvgIpc) is 2.86. The molecule has 0 aromatic carbocycles. The zero-order valence-electron chi connectivity index (χ0n) is 10.5. The van der Waals surface area contributed by atoms with E-state index >= 15 is 0 Å². The van der Waals surface area contributed by atoms with Crippen LogP contribution >= 0.6 is 11.8 Å². The molecule has 0 unspecified atom stereocenters. The average molecular weight is 252 g/mol. The second kappa shape index (κ2) is 5.58. The molecule has 94 valence electrons. The molecule has 5 heteroatoms. The van der Waals surface area contributed by atoms with Crippen molar-refractivity contribution in [2.24, 2.45) is 0 Å². The maximum Gasteiger partial charge on any atom is 0.147 e. The van der Waals surface area contributed by atoms with Crippen molar-refractivity contribution in [1.29, 1.82) is 0 Å². The Morgan fingerprint density at radius 1 is 1.29 bits per heavy atom. The fourth-order valence-corrected chi connectivity index (χ4v) is 3.21. The van der Waals surface area contributed by atoms with Gasteiger partial charge >= 0.3 is 0 Å². The first-order chi connectivity index (χ1) is 8.28. The minimum absolute atomic E-state index is 0.400. The fraction of sp³-hybridized carbons (Fsp3) is 0.667. The van der Waals surface area contributed by atoms with E-state index in [9.17, 15) is 0 Å². The van der Waals surface area contributed by atoms with Crippen molar-refractivity contribution in [2.75, 3.05) is 30.5 Å². The van der Waals surface area contributed by atoms with Crippen molar-refractivity contribution in [3.63, 3.8) is 0 Å². The zero-order chi connectivity index (χ0) is 12.1. The lowest BCUT2D eigenvalue weighted by molar-refractivity contribution is 0.638. The second-order valence-electron chi connectivity index (χ2n) is 4.49. The lowest BCUT2D eigenvalue weighted by Gasteiger charge is -2.27. The number of hydrogen-bond donors (Lipinski definition) is 2. The zero-order valence-corrected chi connectivity index (χ0v) is 11.3. The largest absolute Gasteiger partial charge is 0.372 e. The molecule has 1 aliphatic rings. The van der Waals surface area contributed by atoms with Crippen LogP contribution in [0.2, 0.25) is 0 Å². The van der Waals surface area contributed by atoms with Crippen molar-refractivity contribution in [3.05, 3.63) is 12.4 Å². The van der Waals surface area contributed by atoms with E-state index in [4.69, 9.17) is 0 Å². The van der Waals surface area contributed by atoms with Crippen molar-refractivity contribution in [1.82, 2.24) is 9.97 Å². The van der Waals surface area contributed by atoms with Crippen LogP contribution < -0.4 is 10.6 Å². The van der Waals surface area contributed by atoms with Gasteiger partial charge in [0.2, 0.25) is 0 Å². The summed E-state index contributed by atoms with van der Waals surface area (Å²) in [7, 11) is 1.86. The van der Waals surface area contributed by atoms with Gasteiger partial charge in [0.15, 0.2) is 0 Å². The van der Waals surface area contributed by atoms with Gasteiger partial charge in [-0.1, -0.05) is 12.8 Å². The molecule has 0 bridgehead atoms. The molecule has 0 saturated heterocycles. The van der Waals surface area contributed by atoms with Crippen LogP contribution in [0.15, 0.2) is 12.4 Å². The molecular weight excluding hydrogens is 232 g/mol. The Balaban J connectivity index is 1.96. The Morgan fingerprint density at radius 3 is 2.65 bits per heavy atom. The van der Waals surface area contributed by atoms with Crippen LogP contribution in [-0.4, -0.2) is 34.6 Å². The Labute approximate surface area is 107 Å². The van der Waals surface area contributed by atoms with Gasteiger partial charge < -0.3 is 10.6 Å². The molecule has 1 saturated carbocycles. The number of nitrogens with zero attached hydrogens (tertiary/aromatic N) is 2. The molecule has 0 amide bonds. The van der Waals surface area contributed by atoms with Crippen LogP contribution in [0.5, 0.6) is 0 Å². The maximum absolute atomic E-state index is 4.42. The number of anilines is 2. The predicted molar refractivity (Wildman–Crippen MR) is 74.8 cm³/mol. The monoisotopic (exact) mass is 252 g/mol. The molecule has 0 aliphatic heterocycles. The van der Waals surface area contributed by atoms with E-state index in [0.29, 0.717) is 4.75 Å². The number of hydrogen-bond acceptors (Lipinski definition) is 5. The van der Waals surface area contributed by atoms with Gasteiger partial charge in [0.1, 0.15) is 11.6 Å². The first-order valence-electron chi connectivity index (χ1n) is 6.07. The molecule has 0 spiro atoms. The Morgan fingerprint density at radius 2 is 2.00 bits per heavy atom. The highest BCUT2D eigenvalue weighted by atomic mass is 32.2. The highest BCUT2D eigenvalue weighted by Crippen LogP contribution is 2.40. The van der Waals surface area contributed by atoms with Crippen LogP contribution in [0.25, 0.3) is 0 Å². The van der Waals surface area contributed by atoms with Gasteiger partial charge in [-0.2, -0.15) is 11.8 Å². The number of rotatable bonds is 5. The van der Waals surface area contributed by atoms with Crippen molar-refractivity contribution < 1.29 is 0 Å². The van der Waals surface area contributed by atoms with Crippen LogP contribution in [0.3, 0.4) is 0 Å². The molecule has 2 rings (SSSR count). The smallest absolute Gasteiger partial charge is 0.147 e. The number of thioether (sulfide) groups is 1. The SMILES string of the molecule is CNc1cncc(NCC2(SC)CCCC2)n1. The Kier molecular flexibility index (Phi) is 4.10. The number of aromatic nitrogens is 2. The van der Waals surface area contributed by atoms with E-state index in [-0.39, 0.29) is 0 Å². The molecule has 1 aliphatic carbocycles. The van der Waals surface area contributed by atoms with Gasteiger partial charge in [0.25, 0.3) is 0 Å². The standard InChI is InChI=1S/C12H20N4S/c1-13-10-7-14-8-11(16-10)15-9-12(17-2)5-3-4-6-12/h7-8H,3-6,9H2,1-2H3,(H2,13,15,16). The third kappa shape index (κ3) is 3.03. The lowest BCUT2D eigenvalue weighted by Crippen LogP contribution is -2.30. The maximum atomic E-state index is 4.42. The summed E-state index contributed by atoms with van der Waals surface area (Å²) in [5, 5.41) is 6.42. The van der Waals surface area contributed by atoms with Crippen molar-refractivity contribution in [2.45, 2.75) is 30.4 Å². The van der Waals surface area contributed by atoms with Crippen molar-refractivity contribution in [3.8, 4) is 0 Å². The summed E-state index contributed by atoms with van der Waals surface area (Å²) >= 11 is 1.98. The van der Waals surface area contributed by atoms with E-state index in [1.807, 2.05) is 18.8 Å². The van der Waals surface area contributed by atoms with Crippen molar-refractivity contribution >= 4 is 23.4 Å². The molecule has 2 N–H and O–H groups in total. The third-order valence-corrected chi connectivity index (χ3v) is 4.85. The molecule has 1 fully saturated rings. The summed E-state index contributed by atoms with van der Waals surface area (Å²) in [6, 6.07) is 0. The van der Waals surface area contributed by atoms with E-state index in [0.717, 1.165) is 18.2 Å². The minimum atomic E-state index is 0.400. The van der Waals surface area contributed by atoms with E-state index in [1.165, 1.54) is 25.7 Å². The van der Waals surface area contributed by atoms with Gasteiger partial charge in [-0.25, -0.2) is 4.98 Å². The molecule has 1 heterocycles. The summed E-state index contributed by atoms with van der Waals surface area (Å²) in [5.74, 6) is 1.66. The highest BCUT2D eigenvalue weighted by molar-refractivity contribution is 8.00. The molecule has 0 radical (unpaired) electrons. The molecule has 1 aromatic rings. The van der Waals surface area contributed by atoms with Gasteiger partial charge in [-0.05, 0) is 19.1 Å². The van der Waals surface area contributed by atoms with E-state index in [1.54, 1.807) is 12.4 Å². The van der Waals surface area contributed by atoms with Gasteiger partial charge in [0.05, 0.1) is 12.4 Å². The number of nitrogens with one attached hydrogen (secondary N) is 2. The first kappa shape index (κ1) is 12.5.